The van der Waals surface area contributed by atoms with Crippen molar-refractivity contribution in [1.82, 2.24) is 0 Å². The zero-order valence-electron chi connectivity index (χ0n) is 15.7. The molecule has 0 aliphatic rings. The zero-order valence-corrected chi connectivity index (χ0v) is 15.7. The molecule has 2 rings (SSSR count). The first-order valence-corrected chi connectivity index (χ1v) is 8.59. The van der Waals surface area contributed by atoms with Crippen molar-refractivity contribution in [3.05, 3.63) is 71.8 Å². The Labute approximate surface area is 150 Å². The molecular weight excluding hydrogens is 310 g/mol. The average molecular weight is 337 g/mol. The molecule has 3 heteroatoms. The maximum Gasteiger partial charge on any atom is 0.333 e. The summed E-state index contributed by atoms with van der Waals surface area (Å²) in [5.74, 6) is -0.354. The largest absolute Gasteiger partial charge is 0.457 e. The summed E-state index contributed by atoms with van der Waals surface area (Å²) in [6.45, 7) is 13.5. The van der Waals surface area contributed by atoms with Gasteiger partial charge in [-0.2, -0.15) is 0 Å². The van der Waals surface area contributed by atoms with Crippen LogP contribution in [0.2, 0.25) is 0 Å². The number of para-hydroxylation sites is 1. The van der Waals surface area contributed by atoms with E-state index in [9.17, 15) is 4.79 Å². The maximum absolute atomic E-state index is 11.9. The first-order chi connectivity index (χ1) is 11.8. The number of esters is 1. The minimum atomic E-state index is -0.354. The van der Waals surface area contributed by atoms with Crippen LogP contribution in [0.3, 0.4) is 0 Å². The lowest BCUT2D eigenvalue weighted by Gasteiger charge is -2.36. The van der Waals surface area contributed by atoms with Crippen molar-refractivity contribution in [3.63, 3.8) is 0 Å². The van der Waals surface area contributed by atoms with Crippen LogP contribution < -0.4 is 4.90 Å². The second kappa shape index (κ2) is 8.02. The van der Waals surface area contributed by atoms with Crippen molar-refractivity contribution in [2.24, 2.45) is 0 Å². The van der Waals surface area contributed by atoms with Crippen LogP contribution in [0.5, 0.6) is 0 Å². The number of anilines is 2. The van der Waals surface area contributed by atoms with Gasteiger partial charge in [-0.05, 0) is 58.4 Å². The van der Waals surface area contributed by atoms with Gasteiger partial charge < -0.3 is 9.64 Å². The van der Waals surface area contributed by atoms with E-state index in [1.165, 1.54) is 11.1 Å². The summed E-state index contributed by atoms with van der Waals surface area (Å²) in [6, 6.07) is 16.5. The summed E-state index contributed by atoms with van der Waals surface area (Å²) < 4.78 is 5.58. The lowest BCUT2D eigenvalue weighted by molar-refractivity contribution is -0.144. The highest BCUT2D eigenvalue weighted by molar-refractivity contribution is 5.87. The number of aryl methyl sites for hydroxylation is 2. The molecule has 25 heavy (non-hydrogen) atoms. The molecule has 2 atom stereocenters. The monoisotopic (exact) mass is 337 g/mol. The predicted molar refractivity (Wildman–Crippen MR) is 104 cm³/mol. The Kier molecular flexibility index (Phi) is 6.02. The molecule has 2 unspecified atom stereocenters. The lowest BCUT2D eigenvalue weighted by Crippen LogP contribution is -2.40. The molecular formula is C22H27NO2. The number of carbonyl (C=O) groups excluding carboxylic acids is 1. The van der Waals surface area contributed by atoms with Gasteiger partial charge in [-0.25, -0.2) is 4.79 Å². The smallest absolute Gasteiger partial charge is 0.333 e. The highest BCUT2D eigenvalue weighted by Crippen LogP contribution is 2.32. The van der Waals surface area contributed by atoms with E-state index in [1.54, 1.807) is 6.92 Å². The number of nitrogens with zero attached hydrogens (tertiary/aromatic N) is 1. The van der Waals surface area contributed by atoms with Crippen molar-refractivity contribution in [2.75, 3.05) is 4.90 Å². The molecule has 2 aromatic carbocycles. The number of rotatable bonds is 6. The van der Waals surface area contributed by atoms with Gasteiger partial charge in [0.15, 0.2) is 0 Å². The van der Waals surface area contributed by atoms with E-state index < -0.39 is 0 Å². The predicted octanol–water partition coefficient (Wildman–Crippen LogP) is 5.34. The fraction of sp³-hybridized carbons (Fsp3) is 0.318. The van der Waals surface area contributed by atoms with Gasteiger partial charge in [-0.15, -0.1) is 0 Å². The summed E-state index contributed by atoms with van der Waals surface area (Å²) in [5, 5.41) is 0. The number of hydrogen-bond acceptors (Lipinski definition) is 3. The Balaban J connectivity index is 2.41. The zero-order chi connectivity index (χ0) is 18.6. The van der Waals surface area contributed by atoms with Gasteiger partial charge in [0, 0.05) is 16.9 Å². The third-order valence-corrected chi connectivity index (χ3v) is 4.37. The Morgan fingerprint density at radius 3 is 2.28 bits per heavy atom. The molecule has 0 saturated heterocycles. The molecule has 0 aliphatic carbocycles. The molecule has 0 amide bonds. The van der Waals surface area contributed by atoms with Crippen LogP contribution in [0.1, 0.15) is 31.9 Å². The van der Waals surface area contributed by atoms with Gasteiger partial charge in [0.25, 0.3) is 0 Å². The first kappa shape index (κ1) is 18.8. The molecule has 0 aliphatic heterocycles. The normalized spacial score (nSPS) is 13.0. The summed E-state index contributed by atoms with van der Waals surface area (Å²) in [7, 11) is 0. The Morgan fingerprint density at radius 2 is 1.72 bits per heavy atom. The average Bonchev–Trinajstić information content (AvgIpc) is 2.57. The van der Waals surface area contributed by atoms with Crippen molar-refractivity contribution < 1.29 is 9.53 Å². The van der Waals surface area contributed by atoms with Crippen LogP contribution >= 0.6 is 0 Å². The molecule has 132 valence electrons. The highest BCUT2D eigenvalue weighted by Gasteiger charge is 2.26. The quantitative estimate of drug-likeness (QED) is 0.526. The van der Waals surface area contributed by atoms with Crippen LogP contribution in [0, 0.1) is 13.8 Å². The highest BCUT2D eigenvalue weighted by atomic mass is 16.5. The third kappa shape index (κ3) is 4.50. The molecule has 2 aromatic rings. The van der Waals surface area contributed by atoms with Gasteiger partial charge in [0.2, 0.25) is 0 Å². The number of benzene rings is 2. The van der Waals surface area contributed by atoms with E-state index >= 15 is 0 Å². The fourth-order valence-corrected chi connectivity index (χ4v) is 2.84. The second-order valence-electron chi connectivity index (χ2n) is 6.63. The molecule has 0 radical (unpaired) electrons. The van der Waals surface area contributed by atoms with E-state index in [2.05, 4.69) is 62.6 Å². The van der Waals surface area contributed by atoms with Crippen LogP contribution in [0.4, 0.5) is 11.4 Å². The van der Waals surface area contributed by atoms with Crippen LogP contribution in [-0.2, 0) is 9.53 Å². The second-order valence-corrected chi connectivity index (χ2v) is 6.63. The number of ether oxygens (including phenoxy) is 1. The summed E-state index contributed by atoms with van der Waals surface area (Å²) >= 11 is 0. The van der Waals surface area contributed by atoms with Gasteiger partial charge in [-0.1, -0.05) is 42.5 Å². The van der Waals surface area contributed by atoms with Gasteiger partial charge >= 0.3 is 5.97 Å². The summed E-state index contributed by atoms with van der Waals surface area (Å²) in [5.41, 5.74) is 5.01. The van der Waals surface area contributed by atoms with Crippen LogP contribution in [0.15, 0.2) is 60.7 Å². The molecule has 0 bridgehead atoms. The van der Waals surface area contributed by atoms with Crippen molar-refractivity contribution in [1.29, 1.82) is 0 Å². The topological polar surface area (TPSA) is 29.5 Å². The number of hydrogen-bond donors (Lipinski definition) is 0. The Hall–Kier alpha value is -2.55. The Bertz CT molecular complexity index is 752. The minimum absolute atomic E-state index is 0.0351. The number of carbonyl (C=O) groups is 1. The molecule has 0 fully saturated rings. The third-order valence-electron chi connectivity index (χ3n) is 4.37. The van der Waals surface area contributed by atoms with E-state index in [0.29, 0.717) is 5.57 Å². The summed E-state index contributed by atoms with van der Waals surface area (Å²) in [6.07, 6.45) is -0.287. The summed E-state index contributed by atoms with van der Waals surface area (Å²) in [4.78, 5) is 14.2. The van der Waals surface area contributed by atoms with Crippen molar-refractivity contribution in [2.45, 2.75) is 46.8 Å². The molecule has 0 spiro atoms. The van der Waals surface area contributed by atoms with Gasteiger partial charge in [0.1, 0.15) is 6.10 Å². The van der Waals surface area contributed by atoms with E-state index in [1.807, 2.05) is 25.1 Å². The Morgan fingerprint density at radius 1 is 1.08 bits per heavy atom. The van der Waals surface area contributed by atoms with E-state index in [4.69, 9.17) is 4.74 Å². The van der Waals surface area contributed by atoms with Crippen molar-refractivity contribution >= 4 is 17.3 Å². The molecule has 0 aromatic heterocycles. The fourth-order valence-electron chi connectivity index (χ4n) is 2.84. The molecule has 0 saturated carbocycles. The maximum atomic E-state index is 11.9. The standard InChI is InChI=1S/C22H27NO2/c1-15(2)22(24)25-19(6)18(5)23(20-10-8-7-9-11-20)21-13-12-16(3)14-17(21)4/h7-14,18-19H,1H2,2-6H3. The molecule has 0 N–H and O–H groups in total. The minimum Gasteiger partial charge on any atom is -0.457 e. The van der Waals surface area contributed by atoms with Gasteiger partial charge in [0.05, 0.1) is 6.04 Å². The molecule has 3 nitrogen and oxygen atoms in total. The van der Waals surface area contributed by atoms with E-state index in [-0.39, 0.29) is 18.1 Å². The van der Waals surface area contributed by atoms with Crippen LogP contribution in [0.25, 0.3) is 0 Å². The first-order valence-electron chi connectivity index (χ1n) is 8.59. The van der Waals surface area contributed by atoms with Crippen LogP contribution in [-0.4, -0.2) is 18.1 Å². The lowest BCUT2D eigenvalue weighted by atomic mass is 10.0. The van der Waals surface area contributed by atoms with Crippen molar-refractivity contribution in [3.8, 4) is 0 Å². The van der Waals surface area contributed by atoms with Gasteiger partial charge in [-0.3, -0.25) is 0 Å². The SMILES string of the molecule is C=C(C)C(=O)OC(C)C(C)N(c1ccccc1)c1ccc(C)cc1C. The van der Waals surface area contributed by atoms with E-state index in [0.717, 1.165) is 11.4 Å². The molecule has 0 heterocycles.